The Kier molecular flexibility index (Phi) is 3.48. The summed E-state index contributed by atoms with van der Waals surface area (Å²) >= 11 is 0. The van der Waals surface area contributed by atoms with Gasteiger partial charge in [-0.25, -0.2) is 0 Å². The highest BCUT2D eigenvalue weighted by molar-refractivity contribution is 5.82. The molecular weight excluding hydrogens is 248 g/mol. The number of aromatic nitrogens is 3. The Morgan fingerprint density at radius 2 is 2.15 bits per heavy atom. The van der Waals surface area contributed by atoms with Gasteiger partial charge in [-0.3, -0.25) is 10.1 Å². The molecule has 0 amide bonds. The predicted octanol–water partition coefficient (Wildman–Crippen LogP) is 3.12. The monoisotopic (exact) mass is 266 g/mol. The smallest absolute Gasteiger partial charge is 0.0708 e. The van der Waals surface area contributed by atoms with Gasteiger partial charge in [-0.05, 0) is 31.5 Å². The summed E-state index contributed by atoms with van der Waals surface area (Å²) in [4.78, 5) is 4.57. The van der Waals surface area contributed by atoms with Crippen LogP contribution in [0.25, 0.3) is 10.9 Å². The number of fused-ring (bicyclic) bond motifs is 1. The van der Waals surface area contributed by atoms with Gasteiger partial charge in [0.1, 0.15) is 0 Å². The summed E-state index contributed by atoms with van der Waals surface area (Å²) in [6, 6.07) is 10.7. The number of hydrogen-bond donors (Lipinski definition) is 2. The molecule has 4 heteroatoms. The van der Waals surface area contributed by atoms with Crippen LogP contribution in [0.3, 0.4) is 0 Å². The van der Waals surface area contributed by atoms with E-state index in [1.807, 2.05) is 25.4 Å². The lowest BCUT2D eigenvalue weighted by Crippen LogP contribution is -2.18. The molecule has 0 aliphatic carbocycles. The highest BCUT2D eigenvalue weighted by atomic mass is 15.1. The first-order chi connectivity index (χ1) is 9.74. The third kappa shape index (κ3) is 2.56. The van der Waals surface area contributed by atoms with Crippen molar-refractivity contribution in [3.63, 3.8) is 0 Å². The van der Waals surface area contributed by atoms with Crippen molar-refractivity contribution in [2.45, 2.75) is 26.4 Å². The standard InChI is InChI=1S/C16H18N4/c1-11-7-13(15-5-3-4-6-16(15)20-11)8-17-12(2)14-9-18-19-10-14/h3-7,9-10,12,17H,8H2,1-2H3,(H,18,19). The molecule has 0 saturated carbocycles. The molecule has 1 atom stereocenters. The maximum Gasteiger partial charge on any atom is 0.0708 e. The van der Waals surface area contributed by atoms with Gasteiger partial charge in [0.25, 0.3) is 0 Å². The Morgan fingerprint density at radius 3 is 2.95 bits per heavy atom. The van der Waals surface area contributed by atoms with Crippen LogP contribution in [0, 0.1) is 6.92 Å². The third-order valence-corrected chi connectivity index (χ3v) is 3.55. The van der Waals surface area contributed by atoms with E-state index in [0.717, 1.165) is 17.8 Å². The van der Waals surface area contributed by atoms with E-state index in [4.69, 9.17) is 0 Å². The molecule has 1 aromatic carbocycles. The van der Waals surface area contributed by atoms with E-state index in [1.54, 1.807) is 0 Å². The molecule has 102 valence electrons. The van der Waals surface area contributed by atoms with Crippen molar-refractivity contribution in [2.75, 3.05) is 0 Å². The molecule has 3 aromatic rings. The van der Waals surface area contributed by atoms with Crippen molar-refractivity contribution >= 4 is 10.9 Å². The molecule has 0 spiro atoms. The van der Waals surface area contributed by atoms with Crippen molar-refractivity contribution in [3.8, 4) is 0 Å². The molecule has 0 aliphatic heterocycles. The van der Waals surface area contributed by atoms with Gasteiger partial charge >= 0.3 is 0 Å². The van der Waals surface area contributed by atoms with Crippen LogP contribution in [-0.4, -0.2) is 15.2 Å². The Hall–Kier alpha value is -2.20. The van der Waals surface area contributed by atoms with Crippen LogP contribution in [0.2, 0.25) is 0 Å². The average Bonchev–Trinajstić information content (AvgIpc) is 2.98. The van der Waals surface area contributed by atoms with Gasteiger partial charge in [-0.1, -0.05) is 18.2 Å². The zero-order valence-electron chi connectivity index (χ0n) is 11.7. The molecule has 0 radical (unpaired) electrons. The van der Waals surface area contributed by atoms with Crippen LogP contribution in [0.1, 0.15) is 29.8 Å². The molecule has 4 nitrogen and oxygen atoms in total. The number of pyridine rings is 1. The first-order valence-corrected chi connectivity index (χ1v) is 6.81. The number of para-hydroxylation sites is 1. The van der Waals surface area contributed by atoms with Crippen LogP contribution in [0.5, 0.6) is 0 Å². The van der Waals surface area contributed by atoms with Crippen LogP contribution in [-0.2, 0) is 6.54 Å². The highest BCUT2D eigenvalue weighted by Crippen LogP contribution is 2.19. The van der Waals surface area contributed by atoms with E-state index >= 15 is 0 Å². The number of rotatable bonds is 4. The van der Waals surface area contributed by atoms with Gasteiger partial charge in [-0.2, -0.15) is 5.10 Å². The van der Waals surface area contributed by atoms with Crippen molar-refractivity contribution in [3.05, 3.63) is 59.5 Å². The lowest BCUT2D eigenvalue weighted by atomic mass is 10.1. The third-order valence-electron chi connectivity index (χ3n) is 3.55. The Balaban J connectivity index is 1.84. The summed E-state index contributed by atoms with van der Waals surface area (Å²) in [6.45, 7) is 4.99. The van der Waals surface area contributed by atoms with E-state index in [1.165, 1.54) is 16.5 Å². The fraction of sp³-hybridized carbons (Fsp3) is 0.250. The zero-order valence-corrected chi connectivity index (χ0v) is 11.7. The van der Waals surface area contributed by atoms with Gasteiger partial charge in [0.15, 0.2) is 0 Å². The van der Waals surface area contributed by atoms with Crippen molar-refractivity contribution < 1.29 is 0 Å². The van der Waals surface area contributed by atoms with E-state index in [-0.39, 0.29) is 6.04 Å². The first kappa shape index (κ1) is 12.8. The summed E-state index contributed by atoms with van der Waals surface area (Å²) in [7, 11) is 0. The van der Waals surface area contributed by atoms with Gasteiger partial charge < -0.3 is 5.32 Å². The van der Waals surface area contributed by atoms with E-state index in [2.05, 4.69) is 51.7 Å². The second kappa shape index (κ2) is 5.43. The minimum Gasteiger partial charge on any atom is -0.306 e. The molecule has 0 fully saturated rings. The number of nitrogens with one attached hydrogen (secondary N) is 2. The highest BCUT2D eigenvalue weighted by Gasteiger charge is 2.08. The van der Waals surface area contributed by atoms with E-state index in [9.17, 15) is 0 Å². The number of benzene rings is 1. The van der Waals surface area contributed by atoms with Crippen LogP contribution < -0.4 is 5.32 Å². The maximum absolute atomic E-state index is 4.57. The van der Waals surface area contributed by atoms with Crippen LogP contribution >= 0.6 is 0 Å². The molecule has 0 bridgehead atoms. The summed E-state index contributed by atoms with van der Waals surface area (Å²) in [5.74, 6) is 0. The van der Waals surface area contributed by atoms with Gasteiger partial charge in [-0.15, -0.1) is 0 Å². The molecular formula is C16H18N4. The summed E-state index contributed by atoms with van der Waals surface area (Å²) in [6.07, 6.45) is 3.78. The number of aryl methyl sites for hydroxylation is 1. The molecule has 0 saturated heterocycles. The van der Waals surface area contributed by atoms with Gasteiger partial charge in [0.2, 0.25) is 0 Å². The Morgan fingerprint density at radius 1 is 1.30 bits per heavy atom. The Bertz CT molecular complexity index is 704. The second-order valence-electron chi connectivity index (χ2n) is 5.07. The fourth-order valence-electron chi connectivity index (χ4n) is 2.42. The normalized spacial score (nSPS) is 12.7. The SMILES string of the molecule is Cc1cc(CNC(C)c2cn[nH]c2)c2ccccc2n1. The fourth-order valence-corrected chi connectivity index (χ4v) is 2.42. The summed E-state index contributed by atoms with van der Waals surface area (Å²) in [5.41, 5.74) is 4.56. The summed E-state index contributed by atoms with van der Waals surface area (Å²) < 4.78 is 0. The lowest BCUT2D eigenvalue weighted by molar-refractivity contribution is 0.576. The maximum atomic E-state index is 4.57. The molecule has 2 heterocycles. The predicted molar refractivity (Wildman–Crippen MR) is 80.3 cm³/mol. The molecule has 2 aromatic heterocycles. The average molecular weight is 266 g/mol. The van der Waals surface area contributed by atoms with Gasteiger partial charge in [0.05, 0.1) is 11.7 Å². The second-order valence-corrected chi connectivity index (χ2v) is 5.07. The number of aromatic amines is 1. The van der Waals surface area contributed by atoms with Crippen LogP contribution in [0.4, 0.5) is 0 Å². The lowest BCUT2D eigenvalue weighted by Gasteiger charge is -2.14. The van der Waals surface area contributed by atoms with E-state index < -0.39 is 0 Å². The molecule has 1 unspecified atom stereocenters. The van der Waals surface area contributed by atoms with Crippen molar-refractivity contribution in [1.82, 2.24) is 20.5 Å². The minimum atomic E-state index is 0.265. The largest absolute Gasteiger partial charge is 0.306 e. The van der Waals surface area contributed by atoms with E-state index in [0.29, 0.717) is 0 Å². The minimum absolute atomic E-state index is 0.265. The van der Waals surface area contributed by atoms with Gasteiger partial charge in [0, 0.05) is 35.4 Å². The first-order valence-electron chi connectivity index (χ1n) is 6.81. The topological polar surface area (TPSA) is 53.6 Å². The number of hydrogen-bond acceptors (Lipinski definition) is 3. The Labute approximate surface area is 118 Å². The molecule has 20 heavy (non-hydrogen) atoms. The van der Waals surface area contributed by atoms with Crippen LogP contribution in [0.15, 0.2) is 42.7 Å². The van der Waals surface area contributed by atoms with Crippen molar-refractivity contribution in [2.24, 2.45) is 0 Å². The molecule has 0 aliphatic rings. The number of H-pyrrole nitrogens is 1. The summed E-state index contributed by atoms with van der Waals surface area (Å²) in [5, 5.41) is 11.6. The molecule has 3 rings (SSSR count). The quantitative estimate of drug-likeness (QED) is 0.763. The van der Waals surface area contributed by atoms with Crippen molar-refractivity contribution in [1.29, 1.82) is 0 Å². The zero-order chi connectivity index (χ0) is 13.9. The number of nitrogens with zero attached hydrogens (tertiary/aromatic N) is 2. The molecule has 2 N–H and O–H groups in total.